The molecule has 19 heavy (non-hydrogen) atoms. The molecule has 0 aliphatic rings. The molecule has 0 spiro atoms. The lowest BCUT2D eigenvalue weighted by molar-refractivity contribution is 0.280. The van der Waals surface area contributed by atoms with E-state index < -0.39 is 0 Å². The summed E-state index contributed by atoms with van der Waals surface area (Å²) in [5.41, 5.74) is 1.47. The van der Waals surface area contributed by atoms with Crippen molar-refractivity contribution in [2.45, 2.75) is 53.6 Å². The molecule has 0 heterocycles. The fraction of sp³-hybridized carbons (Fsp3) is 0.625. The summed E-state index contributed by atoms with van der Waals surface area (Å²) in [6.45, 7) is 12.7. The summed E-state index contributed by atoms with van der Waals surface area (Å²) in [5, 5.41) is 3.58. The van der Waals surface area contributed by atoms with Crippen LogP contribution in [-0.4, -0.2) is 12.6 Å². The van der Waals surface area contributed by atoms with Crippen molar-refractivity contribution in [1.29, 1.82) is 0 Å². The molecular weight excluding hydrogens is 302 g/mol. The molecule has 0 aliphatic carbocycles. The van der Waals surface area contributed by atoms with E-state index in [1.54, 1.807) is 0 Å². The van der Waals surface area contributed by atoms with Gasteiger partial charge in [0.25, 0.3) is 0 Å². The molecule has 3 heteroatoms. The van der Waals surface area contributed by atoms with Crippen molar-refractivity contribution in [3.63, 3.8) is 0 Å². The van der Waals surface area contributed by atoms with Crippen LogP contribution < -0.4 is 10.1 Å². The van der Waals surface area contributed by atoms with Gasteiger partial charge in [-0.15, -0.1) is 0 Å². The molecule has 1 atom stereocenters. The lowest BCUT2D eigenvalue weighted by Crippen LogP contribution is -2.37. The van der Waals surface area contributed by atoms with Gasteiger partial charge in [-0.25, -0.2) is 0 Å². The Morgan fingerprint density at radius 3 is 2.58 bits per heavy atom. The molecule has 1 aromatic rings. The molecule has 0 aromatic heterocycles. The first-order chi connectivity index (χ1) is 8.84. The monoisotopic (exact) mass is 327 g/mol. The normalized spacial score (nSPS) is 13.4. The van der Waals surface area contributed by atoms with Gasteiger partial charge in [-0.1, -0.05) is 43.6 Å². The number of benzene rings is 1. The van der Waals surface area contributed by atoms with E-state index in [9.17, 15) is 0 Å². The molecule has 1 N–H and O–H groups in total. The van der Waals surface area contributed by atoms with Crippen molar-refractivity contribution in [3.8, 4) is 5.75 Å². The highest BCUT2D eigenvalue weighted by molar-refractivity contribution is 9.10. The van der Waals surface area contributed by atoms with Gasteiger partial charge in [0.1, 0.15) is 5.75 Å². The Morgan fingerprint density at radius 1 is 1.32 bits per heavy atom. The van der Waals surface area contributed by atoms with Gasteiger partial charge in [0.15, 0.2) is 0 Å². The minimum absolute atomic E-state index is 0.260. The fourth-order valence-corrected chi connectivity index (χ4v) is 2.02. The second-order valence-corrected chi connectivity index (χ2v) is 6.98. The fourth-order valence-electron chi connectivity index (χ4n) is 1.61. The Balaban J connectivity index is 2.73. The summed E-state index contributed by atoms with van der Waals surface area (Å²) in [5.74, 6) is 0.985. The summed E-state index contributed by atoms with van der Waals surface area (Å²) < 4.78 is 6.89. The first-order valence-corrected chi connectivity index (χ1v) is 7.78. The minimum Gasteiger partial charge on any atom is -0.493 e. The maximum Gasteiger partial charge on any atom is 0.123 e. The minimum atomic E-state index is 0.260. The molecular formula is C16H26BrNO. The Bertz CT molecular complexity index is 398. The molecule has 108 valence electrons. The molecule has 0 aliphatic heterocycles. The first-order valence-electron chi connectivity index (χ1n) is 6.99. The van der Waals surface area contributed by atoms with E-state index in [0.29, 0.717) is 6.04 Å². The molecule has 0 radical (unpaired) electrons. The first kappa shape index (κ1) is 16.5. The molecule has 1 aromatic carbocycles. The number of halogens is 1. The second kappa shape index (κ2) is 7.30. The predicted molar refractivity (Wildman–Crippen MR) is 85.7 cm³/mol. The van der Waals surface area contributed by atoms with Crippen LogP contribution in [0.15, 0.2) is 22.7 Å². The zero-order valence-corrected chi connectivity index (χ0v) is 14.3. The van der Waals surface area contributed by atoms with Gasteiger partial charge in [0, 0.05) is 22.6 Å². The maximum absolute atomic E-state index is 5.80. The molecule has 0 saturated carbocycles. The van der Waals surface area contributed by atoms with Gasteiger partial charge in [-0.05, 0) is 37.0 Å². The van der Waals surface area contributed by atoms with Crippen LogP contribution in [0.3, 0.4) is 0 Å². The summed E-state index contributed by atoms with van der Waals surface area (Å²) in [4.78, 5) is 0. The number of ether oxygens (including phenoxy) is 1. The summed E-state index contributed by atoms with van der Waals surface area (Å²) in [6, 6.07) is 6.65. The zero-order chi connectivity index (χ0) is 14.5. The maximum atomic E-state index is 5.80. The van der Waals surface area contributed by atoms with E-state index in [2.05, 4.69) is 61.9 Å². The van der Waals surface area contributed by atoms with Crippen LogP contribution in [0, 0.1) is 5.41 Å². The third kappa shape index (κ3) is 5.53. The van der Waals surface area contributed by atoms with Crippen LogP contribution >= 0.6 is 15.9 Å². The van der Waals surface area contributed by atoms with Gasteiger partial charge in [-0.2, -0.15) is 0 Å². The Kier molecular flexibility index (Phi) is 6.34. The topological polar surface area (TPSA) is 21.3 Å². The lowest BCUT2D eigenvalue weighted by Gasteiger charge is -2.28. The number of hydrogen-bond donors (Lipinski definition) is 1. The predicted octanol–water partition coefficient (Wildman–Crippen LogP) is 4.76. The highest BCUT2D eigenvalue weighted by Crippen LogP contribution is 2.25. The third-order valence-electron chi connectivity index (χ3n) is 3.38. The largest absolute Gasteiger partial charge is 0.493 e. The highest BCUT2D eigenvalue weighted by Gasteiger charge is 2.19. The van der Waals surface area contributed by atoms with Crippen molar-refractivity contribution in [3.05, 3.63) is 28.2 Å². The zero-order valence-electron chi connectivity index (χ0n) is 12.7. The standard InChI is InChI=1S/C16H26BrNO/c1-6-9-19-15-8-7-14(17)10-13(15)11-18-12(2)16(3,4)5/h7-8,10,12,18H,6,9,11H2,1-5H3. The molecule has 0 saturated heterocycles. The van der Waals surface area contributed by atoms with E-state index in [1.807, 2.05) is 12.1 Å². The molecule has 1 unspecified atom stereocenters. The van der Waals surface area contributed by atoms with E-state index in [1.165, 1.54) is 5.56 Å². The van der Waals surface area contributed by atoms with Gasteiger partial charge in [0.2, 0.25) is 0 Å². The van der Waals surface area contributed by atoms with E-state index in [-0.39, 0.29) is 5.41 Å². The summed E-state index contributed by atoms with van der Waals surface area (Å²) in [6.07, 6.45) is 1.03. The highest BCUT2D eigenvalue weighted by atomic mass is 79.9. The van der Waals surface area contributed by atoms with Crippen molar-refractivity contribution in [2.24, 2.45) is 5.41 Å². The third-order valence-corrected chi connectivity index (χ3v) is 3.88. The van der Waals surface area contributed by atoms with E-state index in [4.69, 9.17) is 4.74 Å². The lowest BCUT2D eigenvalue weighted by atomic mass is 9.88. The van der Waals surface area contributed by atoms with Crippen LogP contribution in [-0.2, 0) is 6.54 Å². The van der Waals surface area contributed by atoms with Crippen LogP contribution in [0.25, 0.3) is 0 Å². The van der Waals surface area contributed by atoms with Gasteiger partial charge in [0.05, 0.1) is 6.61 Å². The summed E-state index contributed by atoms with van der Waals surface area (Å²) in [7, 11) is 0. The van der Waals surface area contributed by atoms with Crippen LogP contribution in [0.4, 0.5) is 0 Å². The number of hydrogen-bond acceptors (Lipinski definition) is 2. The van der Waals surface area contributed by atoms with E-state index in [0.717, 1.165) is 29.8 Å². The molecule has 0 fully saturated rings. The molecule has 2 nitrogen and oxygen atoms in total. The van der Waals surface area contributed by atoms with Crippen LogP contribution in [0.2, 0.25) is 0 Å². The summed E-state index contributed by atoms with van der Waals surface area (Å²) >= 11 is 3.53. The molecule has 0 bridgehead atoms. The van der Waals surface area contributed by atoms with Crippen LogP contribution in [0.1, 0.15) is 46.6 Å². The van der Waals surface area contributed by atoms with Crippen molar-refractivity contribution in [2.75, 3.05) is 6.61 Å². The average molecular weight is 328 g/mol. The van der Waals surface area contributed by atoms with Gasteiger partial charge >= 0.3 is 0 Å². The quantitative estimate of drug-likeness (QED) is 0.813. The van der Waals surface area contributed by atoms with Gasteiger partial charge in [-0.3, -0.25) is 0 Å². The average Bonchev–Trinajstić information content (AvgIpc) is 2.33. The second-order valence-electron chi connectivity index (χ2n) is 6.07. The number of nitrogens with one attached hydrogen (secondary N) is 1. The SMILES string of the molecule is CCCOc1ccc(Br)cc1CNC(C)C(C)(C)C. The Morgan fingerprint density at radius 2 is 2.00 bits per heavy atom. The Labute approximate surface area is 126 Å². The van der Waals surface area contributed by atoms with Crippen molar-refractivity contribution in [1.82, 2.24) is 5.32 Å². The molecule has 1 rings (SSSR count). The Hall–Kier alpha value is -0.540. The smallest absolute Gasteiger partial charge is 0.123 e. The van der Waals surface area contributed by atoms with Crippen LogP contribution in [0.5, 0.6) is 5.75 Å². The van der Waals surface area contributed by atoms with Gasteiger partial charge < -0.3 is 10.1 Å². The number of rotatable bonds is 6. The van der Waals surface area contributed by atoms with Crippen molar-refractivity contribution >= 4 is 15.9 Å². The van der Waals surface area contributed by atoms with Crippen molar-refractivity contribution < 1.29 is 4.74 Å². The van der Waals surface area contributed by atoms with E-state index >= 15 is 0 Å². The molecule has 0 amide bonds.